The van der Waals surface area contributed by atoms with Crippen LogP contribution in [0.3, 0.4) is 0 Å². The van der Waals surface area contributed by atoms with Crippen LogP contribution in [0.25, 0.3) is 0 Å². The Hall–Kier alpha value is -0.380. The van der Waals surface area contributed by atoms with Crippen LogP contribution in [0.4, 0.5) is 0 Å². The van der Waals surface area contributed by atoms with Crippen LogP contribution in [-0.2, 0) is 14.3 Å². The highest BCUT2D eigenvalue weighted by Crippen LogP contribution is 2.21. The molecule has 0 heterocycles. The quantitative estimate of drug-likeness (QED) is 0.415. The second-order valence-corrected chi connectivity index (χ2v) is 4.42. The summed E-state index contributed by atoms with van der Waals surface area (Å²) in [6.45, 7) is 5.27. The van der Waals surface area contributed by atoms with Gasteiger partial charge in [-0.2, -0.15) is 0 Å². The number of methoxy groups -OCH3 is 1. The SMILES string of the molecule is COC(=O)C(Br)C(=O)C(C)(C)C. The van der Waals surface area contributed by atoms with Crippen LogP contribution >= 0.6 is 15.9 Å². The Balaban J connectivity index is 4.41. The molecule has 0 rings (SSSR count). The summed E-state index contributed by atoms with van der Waals surface area (Å²) in [6.07, 6.45) is 0. The summed E-state index contributed by atoms with van der Waals surface area (Å²) in [4.78, 5) is 21.5. The van der Waals surface area contributed by atoms with Crippen LogP contribution < -0.4 is 0 Å². The van der Waals surface area contributed by atoms with Crippen LogP contribution in [0.5, 0.6) is 0 Å². The molecule has 0 aromatic carbocycles. The largest absolute Gasteiger partial charge is 0.468 e. The van der Waals surface area contributed by atoms with Crippen LogP contribution in [-0.4, -0.2) is 23.7 Å². The number of hydrogen-bond acceptors (Lipinski definition) is 3. The molecule has 1 atom stereocenters. The fourth-order valence-electron chi connectivity index (χ4n) is 0.591. The first-order valence-electron chi connectivity index (χ1n) is 3.57. The Morgan fingerprint density at radius 2 is 1.75 bits per heavy atom. The maximum Gasteiger partial charge on any atom is 0.327 e. The number of ether oxygens (including phenoxy) is 1. The van der Waals surface area contributed by atoms with E-state index in [9.17, 15) is 9.59 Å². The van der Waals surface area contributed by atoms with Gasteiger partial charge in [0.05, 0.1) is 7.11 Å². The molecule has 0 saturated heterocycles. The zero-order valence-electron chi connectivity index (χ0n) is 7.68. The average molecular weight is 237 g/mol. The molecule has 0 amide bonds. The summed E-state index contributed by atoms with van der Waals surface area (Å²) in [5.41, 5.74) is -0.525. The third kappa shape index (κ3) is 2.93. The van der Waals surface area contributed by atoms with Gasteiger partial charge in [0.15, 0.2) is 10.6 Å². The molecular formula is C8H13BrO3. The number of alkyl halides is 1. The Bertz CT molecular complexity index is 193. The van der Waals surface area contributed by atoms with Gasteiger partial charge in [0, 0.05) is 5.41 Å². The molecule has 0 aliphatic heterocycles. The molecule has 0 aromatic rings. The van der Waals surface area contributed by atoms with E-state index in [1.54, 1.807) is 20.8 Å². The standard InChI is InChI=1S/C8H13BrO3/c1-8(2,3)6(10)5(9)7(11)12-4/h5H,1-4H3. The zero-order valence-corrected chi connectivity index (χ0v) is 9.27. The van der Waals surface area contributed by atoms with Crippen molar-refractivity contribution in [2.24, 2.45) is 5.41 Å². The van der Waals surface area contributed by atoms with Crippen LogP contribution in [0.1, 0.15) is 20.8 Å². The second kappa shape index (κ2) is 4.03. The summed E-state index contributed by atoms with van der Waals surface area (Å²) < 4.78 is 4.42. The third-order valence-corrected chi connectivity index (χ3v) is 2.17. The fraction of sp³-hybridized carbons (Fsp3) is 0.750. The van der Waals surface area contributed by atoms with Gasteiger partial charge >= 0.3 is 5.97 Å². The molecule has 3 nitrogen and oxygen atoms in total. The molecule has 0 bridgehead atoms. The summed E-state index contributed by atoms with van der Waals surface area (Å²) in [5.74, 6) is -0.718. The Labute approximate surface area is 80.6 Å². The summed E-state index contributed by atoms with van der Waals surface area (Å²) in [5, 5.41) is 0. The average Bonchev–Trinajstić information content (AvgIpc) is 1.98. The molecule has 70 valence electrons. The van der Waals surface area contributed by atoms with E-state index in [1.165, 1.54) is 7.11 Å². The third-order valence-electron chi connectivity index (χ3n) is 1.38. The summed E-state index contributed by atoms with van der Waals surface area (Å²) in [7, 11) is 1.26. The second-order valence-electron chi connectivity index (χ2n) is 3.50. The van der Waals surface area contributed by atoms with Crippen molar-refractivity contribution >= 4 is 27.7 Å². The van der Waals surface area contributed by atoms with Gasteiger partial charge in [0.2, 0.25) is 0 Å². The Kier molecular flexibility index (Phi) is 3.90. The predicted octanol–water partition coefficient (Wildman–Crippen LogP) is 1.54. The van der Waals surface area contributed by atoms with E-state index >= 15 is 0 Å². The molecule has 0 spiro atoms. The lowest BCUT2D eigenvalue weighted by atomic mass is 9.89. The van der Waals surface area contributed by atoms with Crippen LogP contribution in [0.2, 0.25) is 0 Å². The number of esters is 1. The van der Waals surface area contributed by atoms with Gasteiger partial charge in [-0.05, 0) is 0 Å². The van der Waals surface area contributed by atoms with E-state index in [0.29, 0.717) is 0 Å². The first kappa shape index (κ1) is 11.6. The Morgan fingerprint density at radius 3 is 2.00 bits per heavy atom. The number of Topliss-reactive ketones (excluding diaryl/α,β-unsaturated/α-hetero) is 1. The maximum atomic E-state index is 11.4. The molecule has 0 aliphatic rings. The molecule has 0 radical (unpaired) electrons. The first-order valence-corrected chi connectivity index (χ1v) is 4.48. The van der Waals surface area contributed by atoms with Crippen LogP contribution in [0, 0.1) is 5.41 Å². The summed E-state index contributed by atoms with van der Waals surface area (Å²) >= 11 is 2.98. The van der Waals surface area contributed by atoms with Gasteiger partial charge in [-0.1, -0.05) is 36.7 Å². The molecule has 12 heavy (non-hydrogen) atoms. The van der Waals surface area contributed by atoms with E-state index in [4.69, 9.17) is 0 Å². The van der Waals surface area contributed by atoms with Crippen LogP contribution in [0.15, 0.2) is 0 Å². The lowest BCUT2D eigenvalue weighted by Crippen LogP contribution is -2.34. The van der Waals surface area contributed by atoms with Crippen molar-refractivity contribution in [1.82, 2.24) is 0 Å². The fourth-order valence-corrected chi connectivity index (χ4v) is 1.46. The highest BCUT2D eigenvalue weighted by atomic mass is 79.9. The number of hydrogen-bond donors (Lipinski definition) is 0. The van der Waals surface area contributed by atoms with Crippen molar-refractivity contribution in [2.75, 3.05) is 7.11 Å². The van der Waals surface area contributed by atoms with Crippen molar-refractivity contribution in [2.45, 2.75) is 25.6 Å². The number of ketones is 1. The maximum absolute atomic E-state index is 11.4. The normalized spacial score (nSPS) is 13.8. The number of halogens is 1. The van der Waals surface area contributed by atoms with E-state index in [-0.39, 0.29) is 5.78 Å². The van der Waals surface area contributed by atoms with Gasteiger partial charge in [0.1, 0.15) is 0 Å². The smallest absolute Gasteiger partial charge is 0.327 e. The van der Waals surface area contributed by atoms with Gasteiger partial charge in [-0.3, -0.25) is 9.59 Å². The van der Waals surface area contributed by atoms with E-state index in [2.05, 4.69) is 20.7 Å². The number of carbonyl (C=O) groups is 2. The first-order chi connectivity index (χ1) is 5.30. The van der Waals surface area contributed by atoms with Crippen molar-refractivity contribution in [3.05, 3.63) is 0 Å². The molecule has 1 unspecified atom stereocenters. The molecule has 0 aliphatic carbocycles. The lowest BCUT2D eigenvalue weighted by molar-refractivity contribution is -0.144. The summed E-state index contributed by atoms with van der Waals surface area (Å²) in [6, 6.07) is 0. The van der Waals surface area contributed by atoms with E-state index < -0.39 is 16.2 Å². The Morgan fingerprint density at radius 1 is 1.33 bits per heavy atom. The lowest BCUT2D eigenvalue weighted by Gasteiger charge is -2.18. The topological polar surface area (TPSA) is 43.4 Å². The molecule has 0 aromatic heterocycles. The van der Waals surface area contributed by atoms with Crippen molar-refractivity contribution in [3.8, 4) is 0 Å². The minimum atomic E-state index is -0.845. The van der Waals surface area contributed by atoms with Gasteiger partial charge < -0.3 is 4.74 Å². The van der Waals surface area contributed by atoms with Crippen molar-refractivity contribution < 1.29 is 14.3 Å². The van der Waals surface area contributed by atoms with E-state index in [1.807, 2.05) is 0 Å². The van der Waals surface area contributed by atoms with Gasteiger partial charge in [-0.15, -0.1) is 0 Å². The van der Waals surface area contributed by atoms with Gasteiger partial charge in [-0.25, -0.2) is 0 Å². The predicted molar refractivity (Wildman–Crippen MR) is 49.2 cm³/mol. The zero-order chi connectivity index (χ0) is 9.94. The minimum Gasteiger partial charge on any atom is -0.468 e. The van der Waals surface area contributed by atoms with Crippen molar-refractivity contribution in [1.29, 1.82) is 0 Å². The molecule has 0 N–H and O–H groups in total. The molecular weight excluding hydrogens is 224 g/mol. The van der Waals surface area contributed by atoms with Crippen molar-refractivity contribution in [3.63, 3.8) is 0 Å². The molecule has 0 saturated carbocycles. The number of carbonyl (C=O) groups excluding carboxylic acids is 2. The molecule has 4 heteroatoms. The highest BCUT2D eigenvalue weighted by molar-refractivity contribution is 9.10. The highest BCUT2D eigenvalue weighted by Gasteiger charge is 2.33. The minimum absolute atomic E-state index is 0.172. The van der Waals surface area contributed by atoms with E-state index in [0.717, 1.165) is 0 Å². The van der Waals surface area contributed by atoms with Gasteiger partial charge in [0.25, 0.3) is 0 Å². The monoisotopic (exact) mass is 236 g/mol. The molecule has 0 fully saturated rings. The number of rotatable bonds is 2.